The molecule has 0 fully saturated rings. The van der Waals surface area contributed by atoms with E-state index in [1.54, 1.807) is 38.9 Å². The molecule has 3 aromatic carbocycles. The van der Waals surface area contributed by atoms with E-state index in [1.165, 1.54) is 63.4 Å². The van der Waals surface area contributed by atoms with Crippen LogP contribution in [0.1, 0.15) is 170 Å². The highest BCUT2D eigenvalue weighted by molar-refractivity contribution is 8.02. The highest BCUT2D eigenvalue weighted by Crippen LogP contribution is 2.60. The average molecular weight is 907 g/mol. The summed E-state index contributed by atoms with van der Waals surface area (Å²) >= 11 is 2.22. The minimum absolute atomic E-state index is 0.0270. The zero-order chi connectivity index (χ0) is 47.7. The van der Waals surface area contributed by atoms with Gasteiger partial charge in [-0.25, -0.2) is 0 Å². The lowest BCUT2D eigenvalue weighted by atomic mass is 9.33. The summed E-state index contributed by atoms with van der Waals surface area (Å²) in [5.41, 5.74) is 21.8. The van der Waals surface area contributed by atoms with Crippen LogP contribution in [0.4, 0.5) is 17.1 Å². The van der Waals surface area contributed by atoms with Gasteiger partial charge in [-0.15, -0.1) is 11.8 Å². The van der Waals surface area contributed by atoms with Crippen molar-refractivity contribution in [2.24, 2.45) is 28.6 Å². The number of nitrogens with zero attached hydrogens (tertiary/aromatic N) is 2. The molecule has 2 nitrogen and oxygen atoms in total. The van der Waals surface area contributed by atoms with Gasteiger partial charge in [-0.1, -0.05) is 189 Å². The van der Waals surface area contributed by atoms with Gasteiger partial charge < -0.3 is 9.80 Å². The van der Waals surface area contributed by atoms with Gasteiger partial charge in [0.25, 0.3) is 0 Å². The third kappa shape index (κ3) is 6.92. The molecule has 0 aromatic heterocycles. The Hall–Kier alpha value is -3.89. The summed E-state index contributed by atoms with van der Waals surface area (Å²) in [5.74, 6) is 1.16. The molecule has 8 aliphatic rings. The largest absolute Gasteiger partial charge is 0.357 e. The van der Waals surface area contributed by atoms with Gasteiger partial charge in [0.1, 0.15) is 0 Å². The molecule has 0 saturated carbocycles. The Bertz CT molecular complexity index is 2800. The second-order valence-electron chi connectivity index (χ2n) is 27.2. The van der Waals surface area contributed by atoms with Crippen LogP contribution in [0.2, 0.25) is 0 Å². The van der Waals surface area contributed by atoms with E-state index in [0.29, 0.717) is 22.9 Å². The van der Waals surface area contributed by atoms with E-state index in [1.807, 2.05) is 0 Å². The van der Waals surface area contributed by atoms with E-state index in [0.717, 1.165) is 13.0 Å². The van der Waals surface area contributed by atoms with Crippen LogP contribution in [0, 0.1) is 28.6 Å². The second-order valence-corrected chi connectivity index (χ2v) is 28.4. The molecule has 0 saturated heterocycles. The van der Waals surface area contributed by atoms with Crippen molar-refractivity contribution >= 4 is 46.5 Å². The smallest absolute Gasteiger partial charge is 0.233 e. The number of rotatable bonds is 3. The van der Waals surface area contributed by atoms with Gasteiger partial charge in [-0.05, 0) is 133 Å². The van der Waals surface area contributed by atoms with Crippen molar-refractivity contribution in [3.63, 3.8) is 0 Å². The molecule has 350 valence electrons. The van der Waals surface area contributed by atoms with Crippen molar-refractivity contribution in [3.8, 4) is 0 Å². The Morgan fingerprint density at radius 1 is 0.746 bits per heavy atom. The lowest BCUT2D eigenvalue weighted by Crippen LogP contribution is -2.65. The third-order valence-corrected chi connectivity index (χ3v) is 19.7. The molecule has 3 aromatic rings. The number of hydrogen-bond acceptors (Lipinski definition) is 3. The zero-order valence-electron chi connectivity index (χ0n) is 44.0. The van der Waals surface area contributed by atoms with E-state index in [9.17, 15) is 0 Å². The predicted octanol–water partition coefficient (Wildman–Crippen LogP) is 15.2. The summed E-state index contributed by atoms with van der Waals surface area (Å²) in [6.45, 7) is 40.4. The summed E-state index contributed by atoms with van der Waals surface area (Å²) < 4.78 is 0. The Kier molecular flexibility index (Phi) is 10.1. The molecule has 11 rings (SSSR count). The van der Waals surface area contributed by atoms with Gasteiger partial charge in [0, 0.05) is 50.9 Å². The molecule has 0 N–H and O–H groups in total. The number of hydrogen-bond donors (Lipinski definition) is 0. The molecule has 0 radical (unpaired) electrons. The number of thioether (sulfide) groups is 1. The molecular formula is C63H79BN2S. The van der Waals surface area contributed by atoms with Crippen LogP contribution in [0.15, 0.2) is 118 Å². The maximum atomic E-state index is 3.00. The number of fused-ring (bicyclic) bond motifs is 9. The van der Waals surface area contributed by atoms with Crippen LogP contribution in [0.3, 0.4) is 0 Å². The number of allylic oxidation sites excluding steroid dienone is 9. The summed E-state index contributed by atoms with van der Waals surface area (Å²) in [5, 5.41) is 0.322. The molecule has 5 aliphatic carbocycles. The van der Waals surface area contributed by atoms with Crippen LogP contribution < -0.4 is 20.7 Å². The van der Waals surface area contributed by atoms with Gasteiger partial charge in [-0.3, -0.25) is 0 Å². The predicted molar refractivity (Wildman–Crippen MR) is 292 cm³/mol. The van der Waals surface area contributed by atoms with Crippen molar-refractivity contribution in [2.75, 3.05) is 16.3 Å². The van der Waals surface area contributed by atoms with Crippen LogP contribution in [-0.4, -0.2) is 24.4 Å². The lowest BCUT2D eigenvalue weighted by Gasteiger charge is -2.53. The minimum Gasteiger partial charge on any atom is -0.357 e. The Balaban J connectivity index is 1.17. The fraction of sp³-hybridized carbons (Fsp3) is 0.524. The van der Waals surface area contributed by atoms with Crippen LogP contribution >= 0.6 is 11.8 Å². The standard InChI is InChI=1S/C63H79BN2S/c1-37-30-39(58(2,3)4)24-26-49(37)66-52-33-41(60(8,9)10)32-51-55(52)64(57-56(66)43-34-46-47(35-53(43)67-57)62(13,14)29-28-61(46,11)12)48-31-40(59(5,6)7)25-27-50(48)65(51)36-38-20-19-23-45-54(38)42-21-17-18-22-44(42)63(45,15)16/h18-20,22-27,30-35,37-38,49,54,56-57H,17,21,28-29,36H2,1-16H3. The molecule has 67 heavy (non-hydrogen) atoms. The average Bonchev–Trinajstić information content (AvgIpc) is 3.74. The van der Waals surface area contributed by atoms with Crippen molar-refractivity contribution in [2.45, 2.75) is 180 Å². The summed E-state index contributed by atoms with van der Waals surface area (Å²) in [6.07, 6.45) is 24.9. The first-order valence-corrected chi connectivity index (χ1v) is 27.1. The molecule has 4 heteroatoms. The Morgan fingerprint density at radius 2 is 1.43 bits per heavy atom. The summed E-state index contributed by atoms with van der Waals surface area (Å²) in [4.78, 5) is 7.37. The van der Waals surface area contributed by atoms with Crippen LogP contribution in [0.25, 0.3) is 0 Å². The van der Waals surface area contributed by atoms with Crippen molar-refractivity contribution in [3.05, 3.63) is 141 Å². The topological polar surface area (TPSA) is 6.48 Å². The van der Waals surface area contributed by atoms with E-state index in [-0.39, 0.29) is 51.3 Å². The fourth-order valence-corrected chi connectivity index (χ4v) is 15.8. The van der Waals surface area contributed by atoms with Crippen molar-refractivity contribution in [1.82, 2.24) is 0 Å². The van der Waals surface area contributed by atoms with E-state index in [4.69, 9.17) is 0 Å². The highest BCUT2D eigenvalue weighted by atomic mass is 32.2. The fourth-order valence-electron chi connectivity index (χ4n) is 14.1. The Labute approximate surface area is 410 Å². The molecule has 3 heterocycles. The molecule has 0 spiro atoms. The molecule has 3 aliphatic heterocycles. The van der Waals surface area contributed by atoms with Gasteiger partial charge >= 0.3 is 0 Å². The lowest BCUT2D eigenvalue weighted by molar-refractivity contribution is 0.330. The molecular weight excluding hydrogens is 828 g/mol. The van der Waals surface area contributed by atoms with Gasteiger partial charge in [0.15, 0.2) is 0 Å². The molecule has 6 unspecified atom stereocenters. The van der Waals surface area contributed by atoms with E-state index < -0.39 is 0 Å². The first-order valence-electron chi connectivity index (χ1n) is 26.2. The zero-order valence-corrected chi connectivity index (χ0v) is 44.9. The van der Waals surface area contributed by atoms with Gasteiger partial charge in [0.05, 0.1) is 12.1 Å². The summed E-state index contributed by atoms with van der Waals surface area (Å²) in [7, 11) is 0. The highest BCUT2D eigenvalue weighted by Gasteiger charge is 2.57. The van der Waals surface area contributed by atoms with E-state index >= 15 is 0 Å². The third-order valence-electron chi connectivity index (χ3n) is 18.3. The SMILES string of the molecule is CC1C=C(C(C)(C)C)C=CC1N1c2cc(C(C)(C)C)cc3c2B(c2cc(C(C)(C)C)ccc2N3CC2C=CC=C3C2C2=C(C=CCC2)C3(C)C)C2Sc3cc4c(cc3C21)C(C)(C)CCC4(C)C. The summed E-state index contributed by atoms with van der Waals surface area (Å²) in [6, 6.07) is 19.0. The maximum absolute atomic E-state index is 3.00. The number of anilines is 3. The normalized spacial score (nSPS) is 28.3. The molecule has 0 bridgehead atoms. The number of benzene rings is 3. The van der Waals surface area contributed by atoms with Crippen molar-refractivity contribution < 1.29 is 0 Å². The quantitative estimate of drug-likeness (QED) is 0.242. The first-order chi connectivity index (χ1) is 31.3. The Morgan fingerprint density at radius 3 is 2.10 bits per heavy atom. The van der Waals surface area contributed by atoms with Crippen molar-refractivity contribution in [1.29, 1.82) is 0 Å². The first kappa shape index (κ1) is 45.6. The van der Waals surface area contributed by atoms with Crippen LogP contribution in [-0.2, 0) is 21.7 Å². The minimum atomic E-state index is -0.0415. The monoisotopic (exact) mass is 907 g/mol. The van der Waals surface area contributed by atoms with Gasteiger partial charge in [-0.2, -0.15) is 0 Å². The van der Waals surface area contributed by atoms with Crippen LogP contribution in [0.5, 0.6) is 0 Å². The maximum Gasteiger partial charge on any atom is 0.233 e. The molecule has 6 atom stereocenters. The van der Waals surface area contributed by atoms with Gasteiger partial charge in [0.2, 0.25) is 6.71 Å². The second kappa shape index (κ2) is 14.8. The molecule has 0 amide bonds. The van der Waals surface area contributed by atoms with E-state index in [2.05, 4.69) is 223 Å².